The zero-order chi connectivity index (χ0) is 18.6. The molecule has 26 heavy (non-hydrogen) atoms. The number of ether oxygens (including phenoxy) is 1. The predicted octanol–water partition coefficient (Wildman–Crippen LogP) is 0.0597. The minimum Gasteiger partial charge on any atom is -0.379 e. The average Bonchev–Trinajstić information content (AvgIpc) is 2.84. The maximum absolute atomic E-state index is 12.4. The van der Waals surface area contributed by atoms with E-state index in [1.165, 1.54) is 12.1 Å². The molecule has 0 bridgehead atoms. The van der Waals surface area contributed by atoms with Gasteiger partial charge in [-0.1, -0.05) is 12.1 Å². The highest BCUT2D eigenvalue weighted by atomic mass is 32.2. The Morgan fingerprint density at radius 3 is 2.62 bits per heavy atom. The van der Waals surface area contributed by atoms with E-state index < -0.39 is 15.9 Å². The topological polar surface area (TPSA) is 96.0 Å². The molecule has 2 aliphatic heterocycles. The summed E-state index contributed by atoms with van der Waals surface area (Å²) in [7, 11) is -3.85. The normalized spacial score (nSPS) is 19.4. The minimum absolute atomic E-state index is 0.0101. The molecule has 0 saturated carbocycles. The van der Waals surface area contributed by atoms with E-state index >= 15 is 0 Å². The van der Waals surface area contributed by atoms with Gasteiger partial charge in [0.2, 0.25) is 5.91 Å². The van der Waals surface area contributed by atoms with Crippen LogP contribution in [0.4, 0.5) is 0 Å². The molecule has 2 heterocycles. The van der Waals surface area contributed by atoms with Crippen LogP contribution in [0.15, 0.2) is 29.2 Å². The molecule has 1 aromatic carbocycles. The van der Waals surface area contributed by atoms with Crippen LogP contribution in [0.2, 0.25) is 0 Å². The van der Waals surface area contributed by atoms with E-state index in [0.29, 0.717) is 6.54 Å². The summed E-state index contributed by atoms with van der Waals surface area (Å²) in [6.45, 7) is 4.56. The van der Waals surface area contributed by atoms with Crippen molar-refractivity contribution in [3.05, 3.63) is 29.8 Å². The number of carbonyl (C=O) groups excluding carboxylic acids is 2. The number of benzene rings is 1. The highest BCUT2D eigenvalue weighted by Gasteiger charge is 2.40. The number of hydrogen-bond acceptors (Lipinski definition) is 6. The van der Waals surface area contributed by atoms with Crippen LogP contribution in [0, 0.1) is 0 Å². The number of fused-ring (bicyclic) bond motifs is 1. The van der Waals surface area contributed by atoms with Crippen molar-refractivity contribution in [2.24, 2.45) is 0 Å². The Morgan fingerprint density at radius 2 is 1.88 bits per heavy atom. The van der Waals surface area contributed by atoms with Gasteiger partial charge in [0.05, 0.1) is 18.8 Å². The summed E-state index contributed by atoms with van der Waals surface area (Å²) in [6.07, 6.45) is 0.772. The van der Waals surface area contributed by atoms with Gasteiger partial charge in [0.25, 0.3) is 15.9 Å². The lowest BCUT2D eigenvalue weighted by Crippen LogP contribution is -2.38. The predicted molar refractivity (Wildman–Crippen MR) is 94.2 cm³/mol. The largest absolute Gasteiger partial charge is 0.379 e. The molecule has 9 heteroatoms. The minimum atomic E-state index is -3.85. The van der Waals surface area contributed by atoms with Crippen molar-refractivity contribution in [3.63, 3.8) is 0 Å². The number of sulfonamides is 1. The van der Waals surface area contributed by atoms with Crippen LogP contribution in [0.3, 0.4) is 0 Å². The van der Waals surface area contributed by atoms with Crippen LogP contribution in [-0.2, 0) is 19.6 Å². The molecule has 1 N–H and O–H groups in total. The van der Waals surface area contributed by atoms with Crippen molar-refractivity contribution >= 4 is 21.8 Å². The quantitative estimate of drug-likeness (QED) is 0.671. The Hall–Kier alpha value is -1.97. The fourth-order valence-corrected chi connectivity index (χ4v) is 4.67. The Labute approximate surface area is 153 Å². The van der Waals surface area contributed by atoms with Gasteiger partial charge in [-0.15, -0.1) is 0 Å². The molecule has 0 aromatic heterocycles. The first-order valence-electron chi connectivity index (χ1n) is 8.73. The fourth-order valence-electron chi connectivity index (χ4n) is 3.10. The van der Waals surface area contributed by atoms with Crippen LogP contribution in [0.5, 0.6) is 0 Å². The van der Waals surface area contributed by atoms with E-state index in [1.807, 2.05) is 0 Å². The summed E-state index contributed by atoms with van der Waals surface area (Å²) >= 11 is 0. The molecule has 0 aliphatic carbocycles. The summed E-state index contributed by atoms with van der Waals surface area (Å²) in [6, 6.07) is 6.10. The molecule has 2 amide bonds. The summed E-state index contributed by atoms with van der Waals surface area (Å²) in [5.74, 6) is -0.827. The smallest absolute Gasteiger partial charge is 0.269 e. The third kappa shape index (κ3) is 4.05. The molecular weight excluding hydrogens is 358 g/mol. The summed E-state index contributed by atoms with van der Waals surface area (Å²) in [5, 5.41) is 2.78. The Balaban J connectivity index is 1.43. The lowest BCUT2D eigenvalue weighted by atomic mass is 10.2. The van der Waals surface area contributed by atoms with Gasteiger partial charge in [0.1, 0.15) is 4.90 Å². The number of carbonyl (C=O) groups is 2. The first-order chi connectivity index (χ1) is 12.5. The molecule has 1 saturated heterocycles. The lowest BCUT2D eigenvalue weighted by Gasteiger charge is -2.26. The zero-order valence-electron chi connectivity index (χ0n) is 14.5. The molecule has 0 radical (unpaired) electrons. The highest BCUT2D eigenvalue weighted by Crippen LogP contribution is 2.29. The Kier molecular flexibility index (Phi) is 5.90. The van der Waals surface area contributed by atoms with Gasteiger partial charge in [-0.05, 0) is 25.1 Å². The highest BCUT2D eigenvalue weighted by molar-refractivity contribution is 7.90. The van der Waals surface area contributed by atoms with Crippen LogP contribution in [0.1, 0.15) is 23.2 Å². The van der Waals surface area contributed by atoms with E-state index in [9.17, 15) is 18.0 Å². The van der Waals surface area contributed by atoms with Crippen LogP contribution in [-0.4, -0.2) is 75.4 Å². The van der Waals surface area contributed by atoms with Crippen molar-refractivity contribution in [2.45, 2.75) is 17.7 Å². The van der Waals surface area contributed by atoms with Crippen LogP contribution in [0.25, 0.3) is 0 Å². The third-order valence-corrected chi connectivity index (χ3v) is 6.37. The zero-order valence-corrected chi connectivity index (χ0v) is 15.3. The molecule has 1 fully saturated rings. The summed E-state index contributed by atoms with van der Waals surface area (Å²) in [4.78, 5) is 26.5. The third-order valence-electron chi connectivity index (χ3n) is 4.53. The molecular formula is C17H23N3O5S. The summed E-state index contributed by atoms with van der Waals surface area (Å²) in [5.41, 5.74) is 0.165. The molecule has 8 nitrogen and oxygen atoms in total. The lowest BCUT2D eigenvalue weighted by molar-refractivity contribution is -0.121. The molecule has 0 atom stereocenters. The van der Waals surface area contributed by atoms with Gasteiger partial charge in [0, 0.05) is 32.6 Å². The van der Waals surface area contributed by atoms with Crippen molar-refractivity contribution < 1.29 is 22.7 Å². The van der Waals surface area contributed by atoms with E-state index in [-0.39, 0.29) is 29.3 Å². The van der Waals surface area contributed by atoms with E-state index in [2.05, 4.69) is 10.2 Å². The Morgan fingerprint density at radius 1 is 1.15 bits per heavy atom. The first-order valence-corrected chi connectivity index (χ1v) is 10.2. The monoisotopic (exact) mass is 381 g/mol. The van der Waals surface area contributed by atoms with E-state index in [1.54, 1.807) is 12.1 Å². The maximum Gasteiger partial charge on any atom is 0.269 e. The number of nitrogens with one attached hydrogen (secondary N) is 1. The molecule has 0 spiro atoms. The molecule has 1 aromatic rings. The summed E-state index contributed by atoms with van der Waals surface area (Å²) < 4.78 is 30.9. The average molecular weight is 381 g/mol. The number of nitrogens with zero attached hydrogens (tertiary/aromatic N) is 2. The molecule has 3 rings (SSSR count). The van der Waals surface area contributed by atoms with Crippen molar-refractivity contribution in [1.82, 2.24) is 14.5 Å². The second kappa shape index (κ2) is 8.15. The van der Waals surface area contributed by atoms with Crippen LogP contribution >= 0.6 is 0 Å². The number of hydrogen-bond donors (Lipinski definition) is 1. The second-order valence-electron chi connectivity index (χ2n) is 6.29. The van der Waals surface area contributed by atoms with E-state index in [0.717, 1.165) is 43.6 Å². The SMILES string of the molecule is O=C(CCN1C(=O)c2ccccc2S1(=O)=O)NCCCN1CCOCC1. The van der Waals surface area contributed by atoms with Gasteiger partial charge in [-0.3, -0.25) is 14.5 Å². The van der Waals surface area contributed by atoms with Gasteiger partial charge < -0.3 is 10.1 Å². The van der Waals surface area contributed by atoms with Gasteiger partial charge in [0.15, 0.2) is 0 Å². The first kappa shape index (κ1) is 18.8. The molecule has 2 aliphatic rings. The maximum atomic E-state index is 12.4. The van der Waals surface area contributed by atoms with Gasteiger partial charge in [-0.25, -0.2) is 12.7 Å². The number of amides is 2. The number of rotatable bonds is 7. The number of morpholine rings is 1. The standard InChI is InChI=1S/C17H23N3O5S/c21-16(18-7-3-8-19-10-12-25-13-11-19)6-9-20-17(22)14-4-1-2-5-15(14)26(20,23)24/h1-2,4-5H,3,6-13H2,(H,18,21). The fraction of sp³-hybridized carbons (Fsp3) is 0.529. The van der Waals surface area contributed by atoms with Crippen molar-refractivity contribution in [3.8, 4) is 0 Å². The van der Waals surface area contributed by atoms with Crippen molar-refractivity contribution in [1.29, 1.82) is 0 Å². The van der Waals surface area contributed by atoms with Gasteiger partial charge in [-0.2, -0.15) is 0 Å². The van der Waals surface area contributed by atoms with Crippen molar-refractivity contribution in [2.75, 3.05) is 45.9 Å². The second-order valence-corrected chi connectivity index (χ2v) is 8.12. The van der Waals surface area contributed by atoms with Crippen LogP contribution < -0.4 is 5.32 Å². The van der Waals surface area contributed by atoms with E-state index in [4.69, 9.17) is 4.74 Å². The van der Waals surface area contributed by atoms with Gasteiger partial charge >= 0.3 is 0 Å². The molecule has 0 unspecified atom stereocenters. The molecule has 142 valence electrons. The Bertz CT molecular complexity index is 774.